The van der Waals surface area contributed by atoms with Gasteiger partial charge in [0.05, 0.1) is 17.6 Å². The molecule has 0 radical (unpaired) electrons. The zero-order chi connectivity index (χ0) is 23.7. The van der Waals surface area contributed by atoms with Crippen molar-refractivity contribution in [2.45, 2.75) is 95.4 Å². The zero-order valence-corrected chi connectivity index (χ0v) is 20.3. The van der Waals surface area contributed by atoms with Crippen LogP contribution in [0.5, 0.6) is 0 Å². The Morgan fingerprint density at radius 2 is 1.94 bits per heavy atom. The SMILES string of the molecule is CCCC[C@@H]1CCCN1C(=O)C1CCCC(c2cccc(-n3ncc(C(=O)O)c3C3CC3)c2)C1. The highest BCUT2D eigenvalue weighted by molar-refractivity contribution is 5.89. The lowest BCUT2D eigenvalue weighted by molar-refractivity contribution is -0.137. The lowest BCUT2D eigenvalue weighted by Gasteiger charge is -2.34. The number of carbonyl (C=O) groups excluding carboxylic acids is 1. The summed E-state index contributed by atoms with van der Waals surface area (Å²) in [5.74, 6) is 0.244. The summed E-state index contributed by atoms with van der Waals surface area (Å²) in [6.45, 7) is 3.15. The van der Waals surface area contributed by atoms with E-state index < -0.39 is 5.97 Å². The van der Waals surface area contributed by atoms with Crippen LogP contribution in [0.3, 0.4) is 0 Å². The van der Waals surface area contributed by atoms with Crippen LogP contribution < -0.4 is 0 Å². The van der Waals surface area contributed by atoms with Crippen LogP contribution in [0, 0.1) is 5.92 Å². The summed E-state index contributed by atoms with van der Waals surface area (Å²) in [4.78, 5) is 27.4. The van der Waals surface area contributed by atoms with Gasteiger partial charge >= 0.3 is 5.97 Å². The second-order valence-corrected chi connectivity index (χ2v) is 10.6. The molecule has 0 spiro atoms. The Bertz CT molecular complexity index is 1040. The lowest BCUT2D eigenvalue weighted by atomic mass is 9.77. The van der Waals surface area contributed by atoms with Gasteiger partial charge in [0, 0.05) is 24.4 Å². The van der Waals surface area contributed by atoms with Crippen molar-refractivity contribution in [1.29, 1.82) is 0 Å². The third kappa shape index (κ3) is 4.64. The summed E-state index contributed by atoms with van der Waals surface area (Å²) in [5, 5.41) is 14.1. The van der Waals surface area contributed by atoms with Crippen molar-refractivity contribution >= 4 is 11.9 Å². The van der Waals surface area contributed by atoms with Gasteiger partial charge in [-0.1, -0.05) is 38.3 Å². The van der Waals surface area contributed by atoms with Crippen LogP contribution in [-0.4, -0.2) is 44.3 Å². The normalized spacial score (nSPS) is 25.0. The molecular formula is C28H37N3O3. The van der Waals surface area contributed by atoms with E-state index in [1.807, 2.05) is 10.7 Å². The van der Waals surface area contributed by atoms with Gasteiger partial charge in [0.25, 0.3) is 0 Å². The fraction of sp³-hybridized carbons (Fsp3) is 0.607. The minimum atomic E-state index is -0.905. The predicted octanol–water partition coefficient (Wildman–Crippen LogP) is 5.90. The van der Waals surface area contributed by atoms with Gasteiger partial charge in [-0.3, -0.25) is 4.79 Å². The molecule has 1 N–H and O–H groups in total. The highest BCUT2D eigenvalue weighted by atomic mass is 16.4. The molecule has 5 rings (SSSR count). The van der Waals surface area contributed by atoms with Gasteiger partial charge in [0.2, 0.25) is 5.91 Å². The number of carbonyl (C=O) groups is 2. The zero-order valence-electron chi connectivity index (χ0n) is 20.3. The molecule has 1 aromatic heterocycles. The minimum absolute atomic E-state index is 0.120. The van der Waals surface area contributed by atoms with E-state index in [4.69, 9.17) is 0 Å². The Balaban J connectivity index is 1.33. The van der Waals surface area contributed by atoms with E-state index in [1.165, 1.54) is 24.6 Å². The van der Waals surface area contributed by atoms with E-state index >= 15 is 0 Å². The van der Waals surface area contributed by atoms with E-state index in [0.29, 0.717) is 23.4 Å². The highest BCUT2D eigenvalue weighted by Crippen LogP contribution is 2.43. The summed E-state index contributed by atoms with van der Waals surface area (Å²) in [5.41, 5.74) is 3.32. The monoisotopic (exact) mass is 463 g/mol. The number of likely N-dealkylation sites (tertiary alicyclic amines) is 1. The molecule has 182 valence electrons. The van der Waals surface area contributed by atoms with E-state index in [9.17, 15) is 14.7 Å². The molecule has 1 amide bonds. The fourth-order valence-electron chi connectivity index (χ4n) is 6.21. The average molecular weight is 464 g/mol. The second-order valence-electron chi connectivity index (χ2n) is 10.6. The molecule has 3 aliphatic rings. The lowest BCUT2D eigenvalue weighted by Crippen LogP contribution is -2.41. The van der Waals surface area contributed by atoms with Crippen LogP contribution in [0.25, 0.3) is 5.69 Å². The number of unbranched alkanes of at least 4 members (excludes halogenated alkanes) is 1. The van der Waals surface area contributed by atoms with Gasteiger partial charge in [-0.15, -0.1) is 0 Å². The van der Waals surface area contributed by atoms with Gasteiger partial charge in [0.1, 0.15) is 5.56 Å². The van der Waals surface area contributed by atoms with Crippen molar-refractivity contribution in [3.8, 4) is 5.69 Å². The summed E-state index contributed by atoms with van der Waals surface area (Å²) < 4.78 is 1.83. The third-order valence-electron chi connectivity index (χ3n) is 8.16. The molecule has 6 heteroatoms. The standard InChI is InChI=1S/C28H37N3O3/c1-2-3-10-23-12-6-15-30(23)27(32)22-9-4-7-20(16-22)21-8-5-11-24(17-21)31-26(19-13-14-19)25(18-29-31)28(33)34/h5,8,11,17-20,22-23H,2-4,6-7,9-10,12-16H2,1H3,(H,33,34)/t20?,22?,23-/m1/s1. The van der Waals surface area contributed by atoms with Crippen molar-refractivity contribution in [1.82, 2.24) is 14.7 Å². The van der Waals surface area contributed by atoms with Crippen LogP contribution in [0.15, 0.2) is 30.5 Å². The molecule has 2 aliphatic carbocycles. The number of benzene rings is 1. The highest BCUT2D eigenvalue weighted by Gasteiger charge is 2.36. The number of carboxylic acids is 1. The van der Waals surface area contributed by atoms with Crippen LogP contribution in [0.4, 0.5) is 0 Å². The fourth-order valence-corrected chi connectivity index (χ4v) is 6.21. The number of aromatic carboxylic acids is 1. The van der Waals surface area contributed by atoms with Gasteiger partial charge in [-0.25, -0.2) is 9.48 Å². The summed E-state index contributed by atoms with van der Waals surface area (Å²) in [6.07, 6.45) is 13.5. The first-order valence-corrected chi connectivity index (χ1v) is 13.3. The number of aromatic nitrogens is 2. The topological polar surface area (TPSA) is 75.4 Å². The van der Waals surface area contributed by atoms with Crippen molar-refractivity contribution in [3.05, 3.63) is 47.3 Å². The van der Waals surface area contributed by atoms with E-state index in [0.717, 1.165) is 75.7 Å². The first-order chi connectivity index (χ1) is 16.6. The van der Waals surface area contributed by atoms with E-state index in [-0.39, 0.29) is 11.8 Å². The molecule has 3 atom stereocenters. The van der Waals surface area contributed by atoms with Crippen LogP contribution in [-0.2, 0) is 4.79 Å². The molecule has 3 fully saturated rings. The Labute approximate surface area is 202 Å². The van der Waals surface area contributed by atoms with Gasteiger partial charge in [0.15, 0.2) is 0 Å². The number of carboxylic acid groups (broad SMARTS) is 1. The maximum Gasteiger partial charge on any atom is 0.339 e. The molecule has 2 saturated carbocycles. The first kappa shape index (κ1) is 23.1. The maximum atomic E-state index is 13.5. The molecular weight excluding hydrogens is 426 g/mol. The molecule has 2 unspecified atom stereocenters. The van der Waals surface area contributed by atoms with Crippen molar-refractivity contribution in [2.75, 3.05) is 6.54 Å². The molecule has 1 aliphatic heterocycles. The molecule has 1 aromatic carbocycles. The van der Waals surface area contributed by atoms with Crippen molar-refractivity contribution in [2.24, 2.45) is 5.92 Å². The molecule has 0 bridgehead atoms. The van der Waals surface area contributed by atoms with Crippen molar-refractivity contribution < 1.29 is 14.7 Å². The number of hydrogen-bond donors (Lipinski definition) is 1. The summed E-state index contributed by atoms with van der Waals surface area (Å²) in [7, 11) is 0. The first-order valence-electron chi connectivity index (χ1n) is 13.3. The predicted molar refractivity (Wildman–Crippen MR) is 131 cm³/mol. The summed E-state index contributed by atoms with van der Waals surface area (Å²) in [6, 6.07) is 8.85. The number of hydrogen-bond acceptors (Lipinski definition) is 3. The maximum absolute atomic E-state index is 13.5. The van der Waals surface area contributed by atoms with Crippen LogP contribution in [0.2, 0.25) is 0 Å². The molecule has 6 nitrogen and oxygen atoms in total. The average Bonchev–Trinajstić information content (AvgIpc) is 3.42. The third-order valence-corrected chi connectivity index (χ3v) is 8.16. The molecule has 1 saturated heterocycles. The Morgan fingerprint density at radius 1 is 1.09 bits per heavy atom. The minimum Gasteiger partial charge on any atom is -0.478 e. The van der Waals surface area contributed by atoms with Gasteiger partial charge in [-0.2, -0.15) is 5.10 Å². The molecule has 34 heavy (non-hydrogen) atoms. The number of rotatable bonds is 8. The van der Waals surface area contributed by atoms with Gasteiger partial charge in [-0.05, 0) is 75.0 Å². The van der Waals surface area contributed by atoms with E-state index in [1.54, 1.807) is 0 Å². The second kappa shape index (κ2) is 9.93. The Hall–Kier alpha value is -2.63. The molecule has 2 heterocycles. The number of amides is 1. The Kier molecular flexibility index (Phi) is 6.75. The quantitative estimate of drug-likeness (QED) is 0.529. The Morgan fingerprint density at radius 3 is 2.71 bits per heavy atom. The van der Waals surface area contributed by atoms with Crippen molar-refractivity contribution in [3.63, 3.8) is 0 Å². The van der Waals surface area contributed by atoms with Gasteiger partial charge < -0.3 is 10.0 Å². The van der Waals surface area contributed by atoms with Crippen LogP contribution in [0.1, 0.15) is 111 Å². The van der Waals surface area contributed by atoms with E-state index in [2.05, 4.69) is 35.1 Å². The summed E-state index contributed by atoms with van der Waals surface area (Å²) >= 11 is 0. The largest absolute Gasteiger partial charge is 0.478 e. The number of nitrogens with zero attached hydrogens (tertiary/aromatic N) is 3. The smallest absolute Gasteiger partial charge is 0.339 e. The molecule has 2 aromatic rings. The van der Waals surface area contributed by atoms with Crippen LogP contribution >= 0.6 is 0 Å².